The molecule has 0 atom stereocenters. The minimum absolute atomic E-state index is 0.535. The van der Waals surface area contributed by atoms with Crippen LogP contribution in [0.1, 0.15) is 37.8 Å². The Morgan fingerprint density at radius 3 is 2.95 bits per heavy atom. The molecule has 0 unspecified atom stereocenters. The molecule has 0 radical (unpaired) electrons. The van der Waals surface area contributed by atoms with Crippen molar-refractivity contribution in [1.82, 2.24) is 0 Å². The predicted molar refractivity (Wildman–Crippen MR) is 90.8 cm³/mol. The average molecular weight is 291 g/mol. The van der Waals surface area contributed by atoms with E-state index in [-0.39, 0.29) is 0 Å². The number of aliphatic imine (C=N–C) groups is 1. The molecule has 2 rings (SSSR count). The zero-order valence-electron chi connectivity index (χ0n) is 12.5. The van der Waals surface area contributed by atoms with Crippen molar-refractivity contribution < 1.29 is 0 Å². The molecule has 110 valence electrons. The lowest BCUT2D eigenvalue weighted by Gasteiger charge is -2.19. The van der Waals surface area contributed by atoms with Crippen molar-refractivity contribution >= 4 is 23.4 Å². The molecule has 0 fully saturated rings. The number of rotatable bonds is 5. The van der Waals surface area contributed by atoms with Crippen LogP contribution in [0, 0.1) is 0 Å². The van der Waals surface area contributed by atoms with E-state index in [1.807, 2.05) is 11.8 Å². The number of nitrogens with two attached hydrogens (primary N) is 1. The maximum absolute atomic E-state index is 5.99. The summed E-state index contributed by atoms with van der Waals surface area (Å²) in [5.74, 6) is 1.56. The first-order valence-electron chi connectivity index (χ1n) is 7.46. The van der Waals surface area contributed by atoms with E-state index in [0.717, 1.165) is 24.4 Å². The molecule has 0 aliphatic heterocycles. The van der Waals surface area contributed by atoms with Crippen molar-refractivity contribution in [2.24, 2.45) is 10.7 Å². The number of thioether (sulfide) groups is 1. The van der Waals surface area contributed by atoms with Crippen molar-refractivity contribution in [1.29, 1.82) is 0 Å². The van der Waals surface area contributed by atoms with Crippen molar-refractivity contribution in [3.63, 3.8) is 0 Å². The number of guanidine groups is 1. The Labute approximate surface area is 126 Å². The van der Waals surface area contributed by atoms with Gasteiger partial charge in [-0.3, -0.25) is 4.99 Å². The van der Waals surface area contributed by atoms with E-state index >= 15 is 0 Å². The molecule has 3 nitrogen and oxygen atoms in total. The van der Waals surface area contributed by atoms with Crippen LogP contribution < -0.4 is 11.1 Å². The maximum Gasteiger partial charge on any atom is 0.193 e. The highest BCUT2D eigenvalue weighted by Crippen LogP contribution is 2.27. The van der Waals surface area contributed by atoms with Gasteiger partial charge in [-0.05, 0) is 48.1 Å². The number of hydrogen-bond donors (Lipinski definition) is 2. The van der Waals surface area contributed by atoms with Gasteiger partial charge in [0, 0.05) is 11.4 Å². The highest BCUT2D eigenvalue weighted by molar-refractivity contribution is 7.99. The summed E-state index contributed by atoms with van der Waals surface area (Å²) in [6, 6.07) is 6.44. The maximum atomic E-state index is 5.99. The Morgan fingerprint density at radius 1 is 1.35 bits per heavy atom. The lowest BCUT2D eigenvalue weighted by molar-refractivity contribution is 0.687. The van der Waals surface area contributed by atoms with Crippen LogP contribution in [-0.4, -0.2) is 23.5 Å². The van der Waals surface area contributed by atoms with Crippen LogP contribution in [0.4, 0.5) is 5.69 Å². The van der Waals surface area contributed by atoms with Crippen LogP contribution >= 0.6 is 11.8 Å². The third kappa shape index (κ3) is 4.44. The molecular weight excluding hydrogens is 266 g/mol. The summed E-state index contributed by atoms with van der Waals surface area (Å²) >= 11 is 1.91. The van der Waals surface area contributed by atoms with Crippen molar-refractivity contribution in [2.45, 2.75) is 44.8 Å². The summed E-state index contributed by atoms with van der Waals surface area (Å²) in [4.78, 5) is 4.40. The average Bonchev–Trinajstić information content (AvgIpc) is 2.44. The molecule has 0 heterocycles. The summed E-state index contributed by atoms with van der Waals surface area (Å²) in [6.07, 6.45) is 4.90. The monoisotopic (exact) mass is 291 g/mol. The highest BCUT2D eigenvalue weighted by atomic mass is 32.2. The molecule has 0 bridgehead atoms. The number of benzene rings is 1. The van der Waals surface area contributed by atoms with E-state index in [9.17, 15) is 0 Å². The van der Waals surface area contributed by atoms with E-state index < -0.39 is 0 Å². The quantitative estimate of drug-likeness (QED) is 0.496. The zero-order valence-corrected chi connectivity index (χ0v) is 13.3. The Balaban J connectivity index is 1.94. The van der Waals surface area contributed by atoms with Gasteiger partial charge in [-0.15, -0.1) is 0 Å². The van der Waals surface area contributed by atoms with Crippen LogP contribution in [0.5, 0.6) is 0 Å². The van der Waals surface area contributed by atoms with Crippen molar-refractivity contribution in [3.8, 4) is 0 Å². The second kappa shape index (κ2) is 7.58. The fraction of sp³-hybridized carbons (Fsp3) is 0.562. The molecule has 1 aromatic carbocycles. The van der Waals surface area contributed by atoms with Gasteiger partial charge in [-0.25, -0.2) is 0 Å². The minimum atomic E-state index is 0.535. The van der Waals surface area contributed by atoms with Crippen LogP contribution in [0.25, 0.3) is 0 Å². The van der Waals surface area contributed by atoms with Gasteiger partial charge in [0.2, 0.25) is 0 Å². The van der Waals surface area contributed by atoms with Gasteiger partial charge in [0.15, 0.2) is 5.96 Å². The Bertz CT molecular complexity index is 469. The fourth-order valence-corrected chi connectivity index (χ4v) is 3.20. The van der Waals surface area contributed by atoms with Gasteiger partial charge < -0.3 is 11.1 Å². The first-order valence-corrected chi connectivity index (χ1v) is 8.51. The SMILES string of the molecule is CC(C)SCCN=C(N)Nc1cccc2c1CCCC2. The predicted octanol–water partition coefficient (Wildman–Crippen LogP) is 3.43. The molecule has 0 aromatic heterocycles. The first kappa shape index (κ1) is 15.2. The van der Waals surface area contributed by atoms with E-state index in [0.29, 0.717) is 11.2 Å². The summed E-state index contributed by atoms with van der Waals surface area (Å²) in [5.41, 5.74) is 10.0. The van der Waals surface area contributed by atoms with Crippen LogP contribution in [0.3, 0.4) is 0 Å². The molecule has 20 heavy (non-hydrogen) atoms. The molecule has 1 aromatic rings. The number of nitrogens with one attached hydrogen (secondary N) is 1. The largest absolute Gasteiger partial charge is 0.370 e. The van der Waals surface area contributed by atoms with E-state index in [4.69, 9.17) is 5.73 Å². The van der Waals surface area contributed by atoms with Gasteiger partial charge in [0.1, 0.15) is 0 Å². The third-order valence-electron chi connectivity index (χ3n) is 3.48. The smallest absolute Gasteiger partial charge is 0.193 e. The number of fused-ring (bicyclic) bond motifs is 1. The molecular formula is C16H25N3S. The molecule has 4 heteroatoms. The summed E-state index contributed by atoms with van der Waals surface area (Å²) in [6.45, 7) is 5.18. The molecule has 1 aliphatic rings. The Hall–Kier alpha value is -1.16. The second-order valence-electron chi connectivity index (χ2n) is 5.46. The first-order chi connectivity index (χ1) is 9.66. The number of anilines is 1. The van der Waals surface area contributed by atoms with Gasteiger partial charge >= 0.3 is 0 Å². The third-order valence-corrected chi connectivity index (χ3v) is 4.57. The Morgan fingerprint density at radius 2 is 2.15 bits per heavy atom. The highest BCUT2D eigenvalue weighted by Gasteiger charge is 2.12. The number of nitrogens with zero attached hydrogens (tertiary/aromatic N) is 1. The fourth-order valence-electron chi connectivity index (χ4n) is 2.53. The van der Waals surface area contributed by atoms with Gasteiger partial charge in [0.05, 0.1) is 6.54 Å². The topological polar surface area (TPSA) is 50.4 Å². The molecule has 0 saturated carbocycles. The van der Waals surface area contributed by atoms with Gasteiger partial charge in [-0.1, -0.05) is 26.0 Å². The number of aryl methyl sites for hydroxylation is 1. The lowest BCUT2D eigenvalue weighted by atomic mass is 9.90. The van der Waals surface area contributed by atoms with E-state index in [2.05, 4.69) is 42.4 Å². The summed E-state index contributed by atoms with van der Waals surface area (Å²) < 4.78 is 0. The molecule has 1 aliphatic carbocycles. The standard InChI is InChI=1S/C16H25N3S/c1-12(2)20-11-10-18-16(17)19-15-9-5-7-13-6-3-4-8-14(13)15/h5,7,9,12H,3-4,6,8,10-11H2,1-2H3,(H3,17,18,19). The molecule has 0 amide bonds. The summed E-state index contributed by atoms with van der Waals surface area (Å²) in [7, 11) is 0. The summed E-state index contributed by atoms with van der Waals surface area (Å²) in [5, 5.41) is 3.93. The molecule has 0 spiro atoms. The molecule has 0 saturated heterocycles. The number of hydrogen-bond acceptors (Lipinski definition) is 2. The van der Waals surface area contributed by atoms with Gasteiger partial charge in [-0.2, -0.15) is 11.8 Å². The molecule has 3 N–H and O–H groups in total. The minimum Gasteiger partial charge on any atom is -0.370 e. The van der Waals surface area contributed by atoms with Crippen LogP contribution in [0.2, 0.25) is 0 Å². The normalized spacial score (nSPS) is 15.2. The van der Waals surface area contributed by atoms with E-state index in [1.165, 1.54) is 30.4 Å². The van der Waals surface area contributed by atoms with Gasteiger partial charge in [0.25, 0.3) is 0 Å². The Kier molecular flexibility index (Phi) is 5.77. The van der Waals surface area contributed by atoms with Crippen molar-refractivity contribution in [3.05, 3.63) is 29.3 Å². The zero-order chi connectivity index (χ0) is 14.4. The van der Waals surface area contributed by atoms with Crippen LogP contribution in [-0.2, 0) is 12.8 Å². The second-order valence-corrected chi connectivity index (χ2v) is 7.15. The lowest BCUT2D eigenvalue weighted by Crippen LogP contribution is -2.24. The van der Waals surface area contributed by atoms with Crippen LogP contribution in [0.15, 0.2) is 23.2 Å². The van der Waals surface area contributed by atoms with Crippen molar-refractivity contribution in [2.75, 3.05) is 17.6 Å². The van der Waals surface area contributed by atoms with E-state index in [1.54, 1.807) is 0 Å².